The van der Waals surface area contributed by atoms with E-state index in [1.807, 2.05) is 13.8 Å². The van der Waals surface area contributed by atoms with E-state index in [-0.39, 0.29) is 0 Å². The predicted octanol–water partition coefficient (Wildman–Crippen LogP) is 0.617. The molecule has 5 heteroatoms. The SMILES string of the molecule is C[C@@H]1CCCN(C(=O)C(=O)N2CC[C@@H](O)C2(C)C)C1. The summed E-state index contributed by atoms with van der Waals surface area (Å²) in [5, 5.41) is 9.89. The van der Waals surface area contributed by atoms with E-state index in [1.165, 1.54) is 4.90 Å². The van der Waals surface area contributed by atoms with Crippen molar-refractivity contribution < 1.29 is 14.7 Å². The number of hydrogen-bond donors (Lipinski definition) is 1. The van der Waals surface area contributed by atoms with Crippen molar-refractivity contribution in [3.63, 3.8) is 0 Å². The van der Waals surface area contributed by atoms with Gasteiger partial charge in [0.05, 0.1) is 11.6 Å². The Kier molecular flexibility index (Phi) is 3.85. The third-order valence-electron chi connectivity index (χ3n) is 4.51. The zero-order chi connectivity index (χ0) is 14.2. The second-order valence-corrected chi connectivity index (χ2v) is 6.41. The number of carbonyl (C=O) groups excluding carboxylic acids is 2. The molecule has 108 valence electrons. The standard InChI is InChI=1S/C14H24N2O3/c1-10-5-4-7-15(9-10)12(18)13(19)16-8-6-11(17)14(16,2)3/h10-11,17H,4-9H2,1-3H3/t10-,11-/m1/s1. The van der Waals surface area contributed by atoms with Crippen molar-refractivity contribution in [2.45, 2.75) is 51.7 Å². The molecule has 2 aliphatic rings. The molecule has 0 aromatic heterocycles. The van der Waals surface area contributed by atoms with Crippen molar-refractivity contribution in [3.8, 4) is 0 Å². The van der Waals surface area contributed by atoms with Crippen LogP contribution in [0.2, 0.25) is 0 Å². The molecule has 2 heterocycles. The minimum absolute atomic E-state index is 0.409. The fourth-order valence-electron chi connectivity index (χ4n) is 3.06. The molecule has 2 amide bonds. The zero-order valence-corrected chi connectivity index (χ0v) is 12.1. The van der Waals surface area contributed by atoms with E-state index in [1.54, 1.807) is 4.90 Å². The molecule has 2 fully saturated rings. The van der Waals surface area contributed by atoms with E-state index in [2.05, 4.69) is 6.92 Å². The third-order valence-corrected chi connectivity index (χ3v) is 4.51. The van der Waals surface area contributed by atoms with E-state index in [0.29, 0.717) is 32.0 Å². The maximum atomic E-state index is 12.3. The first-order valence-corrected chi connectivity index (χ1v) is 7.13. The van der Waals surface area contributed by atoms with Gasteiger partial charge in [-0.3, -0.25) is 9.59 Å². The Morgan fingerprint density at radius 2 is 1.84 bits per heavy atom. The summed E-state index contributed by atoms with van der Waals surface area (Å²) in [6.07, 6.45) is 2.07. The Labute approximate surface area is 114 Å². The molecule has 2 atom stereocenters. The topological polar surface area (TPSA) is 60.9 Å². The maximum absolute atomic E-state index is 12.3. The average Bonchev–Trinajstić information content (AvgIpc) is 2.62. The number of aliphatic hydroxyl groups excluding tert-OH is 1. The largest absolute Gasteiger partial charge is 0.391 e. The van der Waals surface area contributed by atoms with Gasteiger partial charge in [0.25, 0.3) is 0 Å². The average molecular weight is 268 g/mol. The van der Waals surface area contributed by atoms with E-state index < -0.39 is 23.5 Å². The molecule has 0 aliphatic carbocycles. The fourth-order valence-corrected chi connectivity index (χ4v) is 3.06. The lowest BCUT2D eigenvalue weighted by molar-refractivity contribution is -0.155. The van der Waals surface area contributed by atoms with Crippen LogP contribution in [0.25, 0.3) is 0 Å². The molecule has 0 aromatic rings. The highest BCUT2D eigenvalue weighted by molar-refractivity contribution is 6.35. The summed E-state index contributed by atoms with van der Waals surface area (Å²) in [5.41, 5.74) is -0.645. The molecule has 2 aliphatic heterocycles. The second-order valence-electron chi connectivity index (χ2n) is 6.41. The minimum Gasteiger partial charge on any atom is -0.391 e. The van der Waals surface area contributed by atoms with Crippen LogP contribution in [0.4, 0.5) is 0 Å². The Morgan fingerprint density at radius 1 is 1.16 bits per heavy atom. The molecule has 0 unspecified atom stereocenters. The summed E-state index contributed by atoms with van der Waals surface area (Å²) in [4.78, 5) is 27.8. The summed E-state index contributed by atoms with van der Waals surface area (Å²) in [5.74, 6) is -0.410. The normalized spacial score (nSPS) is 30.5. The van der Waals surface area contributed by atoms with Crippen LogP contribution in [-0.2, 0) is 9.59 Å². The van der Waals surface area contributed by atoms with Crippen LogP contribution in [0, 0.1) is 5.92 Å². The molecule has 19 heavy (non-hydrogen) atoms. The summed E-state index contributed by atoms with van der Waals surface area (Å²) >= 11 is 0. The number of piperidine rings is 1. The van der Waals surface area contributed by atoms with E-state index in [4.69, 9.17) is 0 Å². The number of likely N-dealkylation sites (tertiary alicyclic amines) is 2. The Morgan fingerprint density at radius 3 is 2.37 bits per heavy atom. The first-order valence-electron chi connectivity index (χ1n) is 7.13. The van der Waals surface area contributed by atoms with Crippen molar-refractivity contribution in [1.82, 2.24) is 9.80 Å². The summed E-state index contributed by atoms with van der Waals surface area (Å²) in [7, 11) is 0. The van der Waals surface area contributed by atoms with Gasteiger partial charge in [-0.15, -0.1) is 0 Å². The van der Waals surface area contributed by atoms with Crippen LogP contribution in [0.15, 0.2) is 0 Å². The highest BCUT2D eigenvalue weighted by Crippen LogP contribution is 2.29. The van der Waals surface area contributed by atoms with Crippen LogP contribution in [0.1, 0.15) is 40.0 Å². The molecule has 0 bridgehead atoms. The smallest absolute Gasteiger partial charge is 0.312 e. The molecule has 0 radical (unpaired) electrons. The first-order chi connectivity index (χ1) is 8.84. The summed E-state index contributed by atoms with van der Waals surface area (Å²) < 4.78 is 0. The van der Waals surface area contributed by atoms with Crippen molar-refractivity contribution >= 4 is 11.8 Å². The summed E-state index contributed by atoms with van der Waals surface area (Å²) in [6.45, 7) is 7.53. The number of nitrogens with zero attached hydrogens (tertiary/aromatic N) is 2. The second kappa shape index (κ2) is 5.12. The molecule has 2 rings (SSSR count). The van der Waals surface area contributed by atoms with Gasteiger partial charge in [-0.2, -0.15) is 0 Å². The van der Waals surface area contributed by atoms with Crippen molar-refractivity contribution in [2.75, 3.05) is 19.6 Å². The predicted molar refractivity (Wildman–Crippen MR) is 71.4 cm³/mol. The quantitative estimate of drug-likeness (QED) is 0.655. The van der Waals surface area contributed by atoms with Gasteiger partial charge in [-0.05, 0) is 39.0 Å². The number of hydrogen-bond acceptors (Lipinski definition) is 3. The van der Waals surface area contributed by atoms with Gasteiger partial charge in [-0.25, -0.2) is 0 Å². The van der Waals surface area contributed by atoms with Gasteiger partial charge >= 0.3 is 11.8 Å². The number of amides is 2. The lowest BCUT2D eigenvalue weighted by atomic mass is 9.98. The molecule has 2 saturated heterocycles. The molecule has 0 aromatic carbocycles. The number of carbonyl (C=O) groups is 2. The maximum Gasteiger partial charge on any atom is 0.312 e. The van der Waals surface area contributed by atoms with Crippen LogP contribution in [-0.4, -0.2) is 58.0 Å². The van der Waals surface area contributed by atoms with Gasteiger partial charge < -0.3 is 14.9 Å². The zero-order valence-electron chi connectivity index (χ0n) is 12.1. The Bertz CT molecular complexity index is 381. The van der Waals surface area contributed by atoms with E-state index >= 15 is 0 Å². The highest BCUT2D eigenvalue weighted by atomic mass is 16.3. The van der Waals surface area contributed by atoms with Crippen LogP contribution < -0.4 is 0 Å². The van der Waals surface area contributed by atoms with Crippen molar-refractivity contribution in [1.29, 1.82) is 0 Å². The molecule has 0 saturated carbocycles. The van der Waals surface area contributed by atoms with Crippen LogP contribution >= 0.6 is 0 Å². The molecular weight excluding hydrogens is 244 g/mol. The van der Waals surface area contributed by atoms with Crippen molar-refractivity contribution in [2.24, 2.45) is 5.92 Å². The van der Waals surface area contributed by atoms with Gasteiger partial charge in [0.2, 0.25) is 0 Å². The van der Waals surface area contributed by atoms with Gasteiger partial charge in [0.1, 0.15) is 0 Å². The number of aliphatic hydroxyl groups is 1. The molecule has 5 nitrogen and oxygen atoms in total. The minimum atomic E-state index is -0.645. The number of rotatable bonds is 0. The van der Waals surface area contributed by atoms with Crippen LogP contribution in [0.3, 0.4) is 0 Å². The van der Waals surface area contributed by atoms with E-state index in [9.17, 15) is 14.7 Å². The molecular formula is C14H24N2O3. The third kappa shape index (κ3) is 2.61. The first kappa shape index (κ1) is 14.3. The lowest BCUT2D eigenvalue weighted by Gasteiger charge is -2.36. The highest BCUT2D eigenvalue weighted by Gasteiger charge is 2.45. The molecule has 1 N–H and O–H groups in total. The monoisotopic (exact) mass is 268 g/mol. The Hall–Kier alpha value is -1.10. The van der Waals surface area contributed by atoms with Gasteiger partial charge in [0, 0.05) is 19.6 Å². The van der Waals surface area contributed by atoms with Crippen LogP contribution in [0.5, 0.6) is 0 Å². The van der Waals surface area contributed by atoms with Crippen molar-refractivity contribution in [3.05, 3.63) is 0 Å². The van der Waals surface area contributed by atoms with E-state index in [0.717, 1.165) is 12.8 Å². The lowest BCUT2D eigenvalue weighted by Crippen LogP contribution is -2.54. The fraction of sp³-hybridized carbons (Fsp3) is 0.857. The molecule has 0 spiro atoms. The Balaban J connectivity index is 2.05. The van der Waals surface area contributed by atoms with Gasteiger partial charge in [-0.1, -0.05) is 6.92 Å². The summed E-state index contributed by atoms with van der Waals surface area (Å²) in [6, 6.07) is 0. The van der Waals surface area contributed by atoms with Gasteiger partial charge in [0.15, 0.2) is 0 Å².